The molecule has 0 aliphatic rings. The fourth-order valence-corrected chi connectivity index (χ4v) is 3.32. The molecule has 0 fully saturated rings. The van der Waals surface area contributed by atoms with Crippen LogP contribution in [0, 0.1) is 17.0 Å². The number of halogens is 3. The number of aryl methyl sites for hydroxylation is 1. The summed E-state index contributed by atoms with van der Waals surface area (Å²) < 4.78 is 45.2. The van der Waals surface area contributed by atoms with E-state index >= 15 is 0 Å². The summed E-state index contributed by atoms with van der Waals surface area (Å²) >= 11 is 0. The van der Waals surface area contributed by atoms with E-state index in [-0.39, 0.29) is 17.7 Å². The highest BCUT2D eigenvalue weighted by Crippen LogP contribution is 2.22. The lowest BCUT2D eigenvalue weighted by atomic mass is 10.0. The van der Waals surface area contributed by atoms with E-state index in [1.807, 2.05) is 19.1 Å². The molecule has 0 radical (unpaired) electrons. The summed E-state index contributed by atoms with van der Waals surface area (Å²) in [6.07, 6.45) is -3.56. The zero-order chi connectivity index (χ0) is 30.4. The summed E-state index contributed by atoms with van der Waals surface area (Å²) in [6.45, 7) is 0.364. The first-order chi connectivity index (χ1) is 19.3. The second kappa shape index (κ2) is 15.7. The Labute approximate surface area is 231 Å². The first kappa shape index (κ1) is 32.5. The predicted molar refractivity (Wildman–Crippen MR) is 136 cm³/mol. The summed E-state index contributed by atoms with van der Waals surface area (Å²) in [5, 5.41) is 19.1. The lowest BCUT2D eigenvalue weighted by Gasteiger charge is -2.19. The van der Waals surface area contributed by atoms with Gasteiger partial charge in [-0.15, -0.1) is 0 Å². The van der Waals surface area contributed by atoms with E-state index in [0.29, 0.717) is 18.8 Å². The zero-order valence-electron chi connectivity index (χ0n) is 21.9. The van der Waals surface area contributed by atoms with Gasteiger partial charge in [0.1, 0.15) is 19.0 Å². The van der Waals surface area contributed by atoms with Crippen molar-refractivity contribution >= 4 is 35.3 Å². The molecule has 41 heavy (non-hydrogen) atoms. The minimum atomic E-state index is -5.20. The van der Waals surface area contributed by atoms with Crippen molar-refractivity contribution in [2.24, 2.45) is 0 Å². The number of esters is 2. The van der Waals surface area contributed by atoms with Crippen molar-refractivity contribution in [3.8, 4) is 0 Å². The third kappa shape index (κ3) is 12.3. The largest absolute Gasteiger partial charge is 0.490 e. The molecule has 1 aromatic heterocycles. The second-order valence-corrected chi connectivity index (χ2v) is 8.56. The van der Waals surface area contributed by atoms with Gasteiger partial charge in [0, 0.05) is 31.3 Å². The second-order valence-electron chi connectivity index (χ2n) is 8.56. The number of carbonyl (C=O) groups is 4. The summed E-state index contributed by atoms with van der Waals surface area (Å²) in [5.74, 6) is -3.91. The highest BCUT2D eigenvalue weighted by molar-refractivity contribution is 5.85. The number of nitrogens with zero attached hydrogens (tertiary/aromatic N) is 2. The number of nitrogens with one attached hydrogen (secondary N) is 3. The van der Waals surface area contributed by atoms with Crippen molar-refractivity contribution in [3.63, 3.8) is 0 Å². The summed E-state index contributed by atoms with van der Waals surface area (Å²) in [6, 6.07) is 7.60. The van der Waals surface area contributed by atoms with E-state index in [1.54, 1.807) is 6.20 Å². The lowest BCUT2D eigenvalue weighted by Crippen LogP contribution is -2.39. The number of aromatic nitrogens is 1. The Bertz CT molecular complexity index is 1240. The van der Waals surface area contributed by atoms with Crippen LogP contribution in [0.2, 0.25) is 0 Å². The fraction of sp³-hybridized carbons (Fsp3) is 0.400. The third-order valence-electron chi connectivity index (χ3n) is 5.25. The number of pyridine rings is 1. The minimum Gasteiger partial charge on any atom is -0.462 e. The normalized spacial score (nSPS) is 11.6. The van der Waals surface area contributed by atoms with E-state index in [4.69, 9.17) is 4.74 Å². The molecule has 13 nitrogen and oxygen atoms in total. The molecule has 0 aliphatic heterocycles. The van der Waals surface area contributed by atoms with Gasteiger partial charge in [-0.2, -0.15) is 13.2 Å². The van der Waals surface area contributed by atoms with Gasteiger partial charge >= 0.3 is 18.1 Å². The van der Waals surface area contributed by atoms with Crippen molar-refractivity contribution in [2.75, 3.05) is 31.6 Å². The number of hydrogen-bond donors (Lipinski definition) is 3. The number of hydrogen-bond acceptors (Lipinski definition) is 10. The van der Waals surface area contributed by atoms with Gasteiger partial charge in [-0.1, -0.05) is 12.1 Å². The van der Waals surface area contributed by atoms with Crippen LogP contribution < -0.4 is 16.0 Å². The molecule has 0 saturated heterocycles. The van der Waals surface area contributed by atoms with E-state index in [2.05, 4.69) is 25.7 Å². The Kier molecular flexibility index (Phi) is 12.5. The van der Waals surface area contributed by atoms with E-state index in [1.165, 1.54) is 18.2 Å². The molecule has 0 bridgehead atoms. The van der Waals surface area contributed by atoms with Crippen molar-refractivity contribution in [2.45, 2.75) is 38.4 Å². The maximum absolute atomic E-state index is 12.5. The molecule has 0 aliphatic carbocycles. The van der Waals surface area contributed by atoms with Crippen molar-refractivity contribution < 1.29 is 46.7 Å². The van der Waals surface area contributed by atoms with E-state index in [9.17, 15) is 42.5 Å². The van der Waals surface area contributed by atoms with Gasteiger partial charge in [-0.3, -0.25) is 24.5 Å². The van der Waals surface area contributed by atoms with Gasteiger partial charge in [0.15, 0.2) is 0 Å². The molecular formula is C25H28F3N5O8. The molecule has 1 heterocycles. The average molecular weight is 584 g/mol. The molecule has 2 rings (SSSR count). The number of benzene rings is 1. The monoisotopic (exact) mass is 583 g/mol. The molecule has 2 amide bonds. The van der Waals surface area contributed by atoms with Gasteiger partial charge < -0.3 is 25.4 Å². The number of non-ortho nitro benzene ring substituents is 1. The molecule has 1 atom stereocenters. The molecule has 3 N–H and O–H groups in total. The number of carbonyl (C=O) groups excluding carboxylic acids is 4. The fourth-order valence-electron chi connectivity index (χ4n) is 3.32. The Balaban J connectivity index is 1.87. The minimum absolute atomic E-state index is 0.103. The van der Waals surface area contributed by atoms with Crippen LogP contribution in [0.3, 0.4) is 0 Å². The summed E-state index contributed by atoms with van der Waals surface area (Å²) in [4.78, 5) is 62.2. The number of nitro groups is 1. The zero-order valence-corrected chi connectivity index (χ0v) is 21.9. The Morgan fingerprint density at radius 2 is 1.80 bits per heavy atom. The van der Waals surface area contributed by atoms with Crippen molar-refractivity contribution in [1.29, 1.82) is 0 Å². The third-order valence-corrected chi connectivity index (χ3v) is 5.25. The van der Waals surface area contributed by atoms with Crippen LogP contribution in [-0.2, 0) is 28.7 Å². The SMILES string of the molecule is Cc1ccnc(NCCCC(=O)NCC(=O)NC(CC(=O)OCCOC(=O)C(F)(F)F)c2cccc([N+](=O)[O-])c2)c1. The maximum Gasteiger partial charge on any atom is 0.490 e. The topological polar surface area (TPSA) is 179 Å². The van der Waals surface area contributed by atoms with Gasteiger partial charge in [-0.25, -0.2) is 9.78 Å². The molecular weight excluding hydrogens is 555 g/mol. The molecule has 222 valence electrons. The first-order valence-corrected chi connectivity index (χ1v) is 12.2. The first-order valence-electron chi connectivity index (χ1n) is 12.2. The van der Waals surface area contributed by atoms with Gasteiger partial charge in [0.05, 0.1) is 23.9 Å². The average Bonchev–Trinajstić information content (AvgIpc) is 2.91. The number of ether oxygens (including phenoxy) is 2. The molecule has 1 aromatic carbocycles. The smallest absolute Gasteiger partial charge is 0.462 e. The van der Waals surface area contributed by atoms with E-state index in [0.717, 1.165) is 11.6 Å². The van der Waals surface area contributed by atoms with Crippen LogP contribution >= 0.6 is 0 Å². The summed E-state index contributed by atoms with van der Waals surface area (Å²) in [7, 11) is 0. The number of amides is 2. The van der Waals surface area contributed by atoms with Crippen molar-refractivity contribution in [3.05, 3.63) is 63.8 Å². The number of nitro benzene ring substituents is 1. The molecule has 0 saturated carbocycles. The molecule has 0 spiro atoms. The van der Waals surface area contributed by atoms with Crippen LogP contribution in [0.15, 0.2) is 42.6 Å². The Hall–Kier alpha value is -4.76. The van der Waals surface area contributed by atoms with Crippen LogP contribution in [-0.4, -0.2) is 66.1 Å². The van der Waals surface area contributed by atoms with Gasteiger partial charge in [-0.05, 0) is 36.6 Å². The Morgan fingerprint density at radius 3 is 2.49 bits per heavy atom. The van der Waals surface area contributed by atoms with Crippen LogP contribution in [0.5, 0.6) is 0 Å². The van der Waals surface area contributed by atoms with Crippen LogP contribution in [0.4, 0.5) is 24.7 Å². The highest BCUT2D eigenvalue weighted by Gasteiger charge is 2.40. The molecule has 16 heteroatoms. The molecule has 2 aromatic rings. The quantitative estimate of drug-likeness (QED) is 0.122. The van der Waals surface area contributed by atoms with Gasteiger partial charge in [0.25, 0.3) is 5.69 Å². The van der Waals surface area contributed by atoms with Crippen LogP contribution in [0.25, 0.3) is 0 Å². The Morgan fingerprint density at radius 1 is 1.07 bits per heavy atom. The standard InChI is InChI=1S/C25H28F3N5O8/c1-16-7-9-30-20(12-16)29-8-3-6-21(34)31-15-22(35)32-19(17-4-2-5-18(13-17)33(38)39)14-23(36)40-10-11-41-24(37)25(26,27)28/h2,4-5,7,9,12-13,19H,3,6,8,10-11,14-15H2,1H3,(H,29,30)(H,31,34)(H,32,35). The van der Waals surface area contributed by atoms with Crippen LogP contribution in [0.1, 0.15) is 36.4 Å². The maximum atomic E-state index is 12.5. The number of alkyl halides is 3. The number of rotatable bonds is 15. The highest BCUT2D eigenvalue weighted by atomic mass is 19.4. The van der Waals surface area contributed by atoms with Crippen molar-refractivity contribution in [1.82, 2.24) is 15.6 Å². The number of anilines is 1. The lowest BCUT2D eigenvalue weighted by molar-refractivity contribution is -0.384. The van der Waals surface area contributed by atoms with E-state index < -0.39 is 67.1 Å². The molecule has 1 unspecified atom stereocenters. The summed E-state index contributed by atoms with van der Waals surface area (Å²) in [5.41, 5.74) is 0.862. The van der Waals surface area contributed by atoms with Gasteiger partial charge in [0.2, 0.25) is 11.8 Å². The predicted octanol–water partition coefficient (Wildman–Crippen LogP) is 2.50.